The lowest BCUT2D eigenvalue weighted by Crippen LogP contribution is -2.02. The molecule has 19 heavy (non-hydrogen) atoms. The van der Waals surface area contributed by atoms with Crippen molar-refractivity contribution in [3.05, 3.63) is 59.1 Å². The van der Waals surface area contributed by atoms with Crippen LogP contribution in [0.15, 0.2) is 53.4 Å². The molecule has 2 aromatic carbocycles. The van der Waals surface area contributed by atoms with E-state index >= 15 is 0 Å². The Labute approximate surface area is 116 Å². The maximum atomic E-state index is 11.0. The maximum Gasteiger partial charge on any atom is 0.294 e. The van der Waals surface area contributed by atoms with Gasteiger partial charge < -0.3 is 5.32 Å². The van der Waals surface area contributed by atoms with Crippen molar-refractivity contribution in [1.29, 1.82) is 0 Å². The molecule has 0 aliphatic heterocycles. The molecule has 0 heterocycles. The fraction of sp³-hybridized carbons (Fsp3) is 0.0769. The minimum Gasteiger partial charge on any atom is -0.381 e. The van der Waals surface area contributed by atoms with Crippen LogP contribution in [0.5, 0.6) is 0 Å². The molecule has 0 saturated carbocycles. The van der Waals surface area contributed by atoms with E-state index in [9.17, 15) is 8.42 Å². The Kier molecular flexibility index (Phi) is 4.09. The van der Waals surface area contributed by atoms with Crippen LogP contribution in [0.2, 0.25) is 5.02 Å². The number of hydrogen-bond acceptors (Lipinski definition) is 3. The first-order valence-corrected chi connectivity index (χ1v) is 7.33. The highest BCUT2D eigenvalue weighted by molar-refractivity contribution is 7.85. The molecule has 0 aliphatic carbocycles. The van der Waals surface area contributed by atoms with E-state index in [1.54, 1.807) is 18.2 Å². The third-order valence-electron chi connectivity index (χ3n) is 2.52. The van der Waals surface area contributed by atoms with Gasteiger partial charge in [-0.2, -0.15) is 8.42 Å². The highest BCUT2D eigenvalue weighted by Gasteiger charge is 2.09. The molecule has 0 radical (unpaired) electrons. The second-order valence-corrected chi connectivity index (χ2v) is 5.84. The zero-order valence-corrected chi connectivity index (χ0v) is 11.4. The average molecular weight is 298 g/mol. The van der Waals surface area contributed by atoms with Gasteiger partial charge in [0.1, 0.15) is 0 Å². The van der Waals surface area contributed by atoms with Gasteiger partial charge in [0.05, 0.1) is 4.90 Å². The zero-order chi connectivity index (χ0) is 13.9. The van der Waals surface area contributed by atoms with Crippen LogP contribution in [0.25, 0.3) is 0 Å². The zero-order valence-electron chi connectivity index (χ0n) is 9.88. The van der Waals surface area contributed by atoms with Gasteiger partial charge in [-0.25, -0.2) is 0 Å². The topological polar surface area (TPSA) is 66.4 Å². The number of halogens is 1. The van der Waals surface area contributed by atoms with Crippen LogP contribution in [-0.2, 0) is 16.7 Å². The first-order chi connectivity index (χ1) is 8.95. The minimum atomic E-state index is -4.18. The molecule has 2 aromatic rings. The Hall–Kier alpha value is -1.56. The lowest BCUT2D eigenvalue weighted by molar-refractivity contribution is 0.483. The predicted octanol–water partition coefficient (Wildman–Crippen LogP) is 3.20. The van der Waals surface area contributed by atoms with Gasteiger partial charge in [-0.1, -0.05) is 29.8 Å². The van der Waals surface area contributed by atoms with Gasteiger partial charge in [-0.3, -0.25) is 4.55 Å². The van der Waals surface area contributed by atoms with E-state index in [4.69, 9.17) is 16.2 Å². The Balaban J connectivity index is 2.12. The standard InChI is InChI=1S/C13H12ClNO3S/c14-11-4-1-3-10(7-11)9-15-12-5-2-6-13(8-12)19(16,17)18/h1-8,15H,9H2,(H,16,17,18). The van der Waals surface area contributed by atoms with Crippen molar-refractivity contribution in [2.24, 2.45) is 0 Å². The van der Waals surface area contributed by atoms with E-state index in [0.29, 0.717) is 17.3 Å². The number of nitrogens with one attached hydrogen (secondary N) is 1. The molecule has 0 amide bonds. The van der Waals surface area contributed by atoms with Gasteiger partial charge >= 0.3 is 0 Å². The summed E-state index contributed by atoms with van der Waals surface area (Å²) in [5, 5.41) is 3.71. The van der Waals surface area contributed by atoms with Crippen LogP contribution < -0.4 is 5.32 Å². The summed E-state index contributed by atoms with van der Waals surface area (Å²) in [6.07, 6.45) is 0. The molecule has 0 bridgehead atoms. The van der Waals surface area contributed by atoms with Crippen LogP contribution in [0.1, 0.15) is 5.56 Å². The SMILES string of the molecule is O=S(=O)(O)c1cccc(NCc2cccc(Cl)c2)c1. The molecule has 100 valence electrons. The first kappa shape index (κ1) is 13.9. The Bertz CT molecular complexity index is 686. The molecular formula is C13H12ClNO3S. The molecule has 0 aromatic heterocycles. The summed E-state index contributed by atoms with van der Waals surface area (Å²) in [7, 11) is -4.18. The molecule has 4 nitrogen and oxygen atoms in total. The quantitative estimate of drug-likeness (QED) is 0.851. The predicted molar refractivity (Wildman–Crippen MR) is 75.0 cm³/mol. The summed E-state index contributed by atoms with van der Waals surface area (Å²) in [5.41, 5.74) is 1.58. The van der Waals surface area contributed by atoms with Gasteiger partial charge in [0.25, 0.3) is 10.1 Å². The van der Waals surface area contributed by atoms with Gasteiger partial charge in [0, 0.05) is 17.3 Å². The van der Waals surface area contributed by atoms with Crippen LogP contribution in [0.4, 0.5) is 5.69 Å². The highest BCUT2D eigenvalue weighted by Crippen LogP contribution is 2.17. The van der Waals surface area contributed by atoms with Crippen molar-refractivity contribution in [3.63, 3.8) is 0 Å². The summed E-state index contributed by atoms with van der Waals surface area (Å²) < 4.78 is 31.0. The monoisotopic (exact) mass is 297 g/mol. The molecule has 2 rings (SSSR count). The minimum absolute atomic E-state index is 0.136. The molecule has 0 saturated heterocycles. The van der Waals surface area contributed by atoms with Crippen molar-refractivity contribution in [2.75, 3.05) is 5.32 Å². The van der Waals surface area contributed by atoms with Gasteiger partial charge in [0.2, 0.25) is 0 Å². The van der Waals surface area contributed by atoms with E-state index in [0.717, 1.165) is 5.56 Å². The summed E-state index contributed by atoms with van der Waals surface area (Å²) in [5.74, 6) is 0. The van der Waals surface area contributed by atoms with Crippen molar-refractivity contribution in [1.82, 2.24) is 0 Å². The summed E-state index contributed by atoms with van der Waals surface area (Å²) in [6, 6.07) is 13.3. The van der Waals surface area contributed by atoms with Crippen LogP contribution in [0, 0.1) is 0 Å². The van der Waals surface area contributed by atoms with Crippen molar-refractivity contribution in [3.8, 4) is 0 Å². The molecule has 6 heteroatoms. The molecule has 0 atom stereocenters. The smallest absolute Gasteiger partial charge is 0.294 e. The fourth-order valence-corrected chi connectivity index (χ4v) is 2.36. The summed E-state index contributed by atoms with van der Waals surface area (Å²) in [4.78, 5) is -0.136. The molecular weight excluding hydrogens is 286 g/mol. The summed E-state index contributed by atoms with van der Waals surface area (Å²) >= 11 is 5.87. The molecule has 0 unspecified atom stereocenters. The number of rotatable bonds is 4. The second-order valence-electron chi connectivity index (χ2n) is 3.99. The van der Waals surface area contributed by atoms with E-state index in [1.807, 2.05) is 18.2 Å². The third-order valence-corrected chi connectivity index (χ3v) is 3.60. The van der Waals surface area contributed by atoms with Gasteiger partial charge in [-0.15, -0.1) is 0 Å². The average Bonchev–Trinajstić information content (AvgIpc) is 2.36. The lowest BCUT2D eigenvalue weighted by Gasteiger charge is -2.07. The largest absolute Gasteiger partial charge is 0.381 e. The summed E-state index contributed by atoms with van der Waals surface area (Å²) in [6.45, 7) is 0.509. The Morgan fingerprint density at radius 3 is 2.53 bits per heavy atom. The van der Waals surface area contributed by atoms with E-state index < -0.39 is 10.1 Å². The van der Waals surface area contributed by atoms with Crippen molar-refractivity contribution in [2.45, 2.75) is 11.4 Å². The van der Waals surface area contributed by atoms with Crippen LogP contribution in [-0.4, -0.2) is 13.0 Å². The van der Waals surface area contributed by atoms with E-state index in [1.165, 1.54) is 12.1 Å². The van der Waals surface area contributed by atoms with Gasteiger partial charge in [-0.05, 0) is 35.9 Å². The van der Waals surface area contributed by atoms with Crippen molar-refractivity contribution >= 4 is 27.4 Å². The number of anilines is 1. The highest BCUT2D eigenvalue weighted by atomic mass is 35.5. The maximum absolute atomic E-state index is 11.0. The van der Waals surface area contributed by atoms with Crippen LogP contribution >= 0.6 is 11.6 Å². The normalized spacial score (nSPS) is 11.3. The third kappa shape index (κ3) is 3.96. The molecule has 0 spiro atoms. The number of hydrogen-bond donors (Lipinski definition) is 2. The lowest BCUT2D eigenvalue weighted by atomic mass is 10.2. The van der Waals surface area contributed by atoms with Crippen LogP contribution in [0.3, 0.4) is 0 Å². The number of benzene rings is 2. The fourth-order valence-electron chi connectivity index (χ4n) is 1.62. The van der Waals surface area contributed by atoms with E-state index in [2.05, 4.69) is 5.32 Å². The molecule has 0 aliphatic rings. The van der Waals surface area contributed by atoms with Gasteiger partial charge in [0.15, 0.2) is 0 Å². The Morgan fingerprint density at radius 2 is 1.84 bits per heavy atom. The Morgan fingerprint density at radius 1 is 1.11 bits per heavy atom. The molecule has 0 fully saturated rings. The van der Waals surface area contributed by atoms with E-state index in [-0.39, 0.29) is 4.90 Å². The van der Waals surface area contributed by atoms with Crippen molar-refractivity contribution < 1.29 is 13.0 Å². The second kappa shape index (κ2) is 5.61. The first-order valence-electron chi connectivity index (χ1n) is 5.51. The molecule has 2 N–H and O–H groups in total.